The van der Waals surface area contributed by atoms with Gasteiger partial charge in [-0.25, -0.2) is 9.78 Å². The van der Waals surface area contributed by atoms with Crippen LogP contribution in [0.25, 0.3) is 0 Å². The van der Waals surface area contributed by atoms with Crippen LogP contribution in [0.15, 0.2) is 12.3 Å². The predicted molar refractivity (Wildman–Crippen MR) is 89.1 cm³/mol. The number of carbonyl (C=O) groups is 2. The van der Waals surface area contributed by atoms with Crippen molar-refractivity contribution in [3.63, 3.8) is 0 Å². The molecule has 0 aromatic carbocycles. The van der Waals surface area contributed by atoms with Crippen LogP contribution in [0.4, 0.5) is 10.6 Å². The molecule has 0 aliphatic carbocycles. The smallest absolute Gasteiger partial charge is 0.410 e. The summed E-state index contributed by atoms with van der Waals surface area (Å²) < 4.78 is 5.38. The molecule has 1 aromatic heterocycles. The van der Waals surface area contributed by atoms with Crippen LogP contribution in [0.2, 0.25) is 5.02 Å². The van der Waals surface area contributed by atoms with Gasteiger partial charge in [0.05, 0.1) is 5.02 Å². The molecule has 126 valence electrons. The van der Waals surface area contributed by atoms with Gasteiger partial charge in [0, 0.05) is 30.9 Å². The Labute approximate surface area is 141 Å². The summed E-state index contributed by atoms with van der Waals surface area (Å²) in [7, 11) is 0. The molecule has 1 N–H and O–H groups in total. The third kappa shape index (κ3) is 5.10. The van der Waals surface area contributed by atoms with Gasteiger partial charge < -0.3 is 15.0 Å². The van der Waals surface area contributed by atoms with Crippen LogP contribution in [-0.2, 0) is 4.74 Å². The van der Waals surface area contributed by atoms with E-state index in [2.05, 4.69) is 10.3 Å². The number of nitrogens with zero attached hydrogens (tertiary/aromatic N) is 2. The molecule has 0 saturated carbocycles. The number of aldehydes is 1. The number of carbonyl (C=O) groups excluding carboxylic acids is 2. The van der Waals surface area contributed by atoms with Crippen molar-refractivity contribution >= 4 is 29.8 Å². The quantitative estimate of drug-likeness (QED) is 0.855. The minimum atomic E-state index is -0.482. The molecule has 1 aliphatic rings. The van der Waals surface area contributed by atoms with E-state index in [0.29, 0.717) is 35.8 Å². The van der Waals surface area contributed by atoms with Gasteiger partial charge in [0.25, 0.3) is 0 Å². The second kappa shape index (κ2) is 7.17. The van der Waals surface area contributed by atoms with Crippen molar-refractivity contribution in [2.75, 3.05) is 18.4 Å². The average molecular weight is 340 g/mol. The lowest BCUT2D eigenvalue weighted by atomic mass is 10.1. The van der Waals surface area contributed by atoms with Gasteiger partial charge in [0.1, 0.15) is 11.4 Å². The van der Waals surface area contributed by atoms with Crippen molar-refractivity contribution < 1.29 is 14.3 Å². The van der Waals surface area contributed by atoms with Crippen molar-refractivity contribution in [2.45, 2.75) is 45.3 Å². The van der Waals surface area contributed by atoms with Crippen LogP contribution in [0, 0.1) is 0 Å². The summed E-state index contributed by atoms with van der Waals surface area (Å²) in [4.78, 5) is 28.6. The van der Waals surface area contributed by atoms with Crippen molar-refractivity contribution in [3.05, 3.63) is 22.8 Å². The van der Waals surface area contributed by atoms with E-state index in [4.69, 9.17) is 16.3 Å². The molecule has 1 aromatic rings. The Morgan fingerprint density at radius 2 is 2.09 bits per heavy atom. The van der Waals surface area contributed by atoms with E-state index in [9.17, 15) is 9.59 Å². The number of nitrogens with one attached hydrogen (secondary N) is 1. The summed E-state index contributed by atoms with van der Waals surface area (Å²) in [5.74, 6) is 0.563. The fraction of sp³-hybridized carbons (Fsp3) is 0.562. The first-order valence-corrected chi connectivity index (χ1v) is 8.01. The SMILES string of the molecule is CC(C)(C)OC(=O)N1CCC(Nc2ncc(C=O)cc2Cl)CC1. The number of anilines is 1. The summed E-state index contributed by atoms with van der Waals surface area (Å²) in [6, 6.07) is 1.76. The van der Waals surface area contributed by atoms with Crippen LogP contribution < -0.4 is 5.32 Å². The van der Waals surface area contributed by atoms with Crippen LogP contribution in [0.5, 0.6) is 0 Å². The number of amides is 1. The highest BCUT2D eigenvalue weighted by atomic mass is 35.5. The van der Waals surface area contributed by atoms with Gasteiger partial charge >= 0.3 is 6.09 Å². The molecule has 1 aliphatic heterocycles. The molecular formula is C16H22ClN3O3. The molecule has 23 heavy (non-hydrogen) atoms. The Morgan fingerprint density at radius 1 is 1.43 bits per heavy atom. The molecule has 0 unspecified atom stereocenters. The van der Waals surface area contributed by atoms with Crippen molar-refractivity contribution in [1.82, 2.24) is 9.88 Å². The number of piperidine rings is 1. The van der Waals surface area contributed by atoms with Gasteiger partial charge in [-0.3, -0.25) is 4.79 Å². The zero-order chi connectivity index (χ0) is 17.0. The number of hydrogen-bond acceptors (Lipinski definition) is 5. The Morgan fingerprint density at radius 3 is 2.61 bits per heavy atom. The Kier molecular flexibility index (Phi) is 5.46. The molecule has 1 amide bonds. The van der Waals surface area contributed by atoms with E-state index in [-0.39, 0.29) is 12.1 Å². The molecule has 0 spiro atoms. The Hall–Kier alpha value is -1.82. The molecule has 7 heteroatoms. The lowest BCUT2D eigenvalue weighted by Gasteiger charge is -2.34. The molecule has 1 saturated heterocycles. The Balaban J connectivity index is 1.87. The zero-order valence-corrected chi connectivity index (χ0v) is 14.4. The normalized spacial score (nSPS) is 16.1. The number of aromatic nitrogens is 1. The lowest BCUT2D eigenvalue weighted by Crippen LogP contribution is -2.44. The number of pyridine rings is 1. The topological polar surface area (TPSA) is 71.5 Å². The van der Waals surface area contributed by atoms with Gasteiger partial charge in [-0.05, 0) is 39.7 Å². The van der Waals surface area contributed by atoms with Crippen LogP contribution in [-0.4, -0.2) is 47.0 Å². The van der Waals surface area contributed by atoms with Gasteiger partial charge in [0.15, 0.2) is 6.29 Å². The largest absolute Gasteiger partial charge is 0.444 e. The monoisotopic (exact) mass is 339 g/mol. The van der Waals surface area contributed by atoms with E-state index < -0.39 is 5.60 Å². The first-order valence-electron chi connectivity index (χ1n) is 7.63. The summed E-state index contributed by atoms with van der Waals surface area (Å²) >= 11 is 6.11. The molecule has 0 bridgehead atoms. The summed E-state index contributed by atoms with van der Waals surface area (Å²) in [6.45, 7) is 6.81. The first-order chi connectivity index (χ1) is 10.8. The van der Waals surface area contributed by atoms with Gasteiger partial charge in [0.2, 0.25) is 0 Å². The molecule has 1 fully saturated rings. The van der Waals surface area contributed by atoms with Crippen LogP contribution in [0.3, 0.4) is 0 Å². The standard InChI is InChI=1S/C16H22ClN3O3/c1-16(2,3)23-15(22)20-6-4-12(5-7-20)19-14-13(17)8-11(10-21)9-18-14/h8-10,12H,4-7H2,1-3H3,(H,18,19). The number of likely N-dealkylation sites (tertiary alicyclic amines) is 1. The van der Waals surface area contributed by atoms with Crippen LogP contribution in [0.1, 0.15) is 44.0 Å². The molecule has 6 nitrogen and oxygen atoms in total. The maximum absolute atomic E-state index is 12.0. The maximum atomic E-state index is 12.0. The lowest BCUT2D eigenvalue weighted by molar-refractivity contribution is 0.0210. The van der Waals surface area contributed by atoms with Gasteiger partial charge in [-0.1, -0.05) is 11.6 Å². The highest BCUT2D eigenvalue weighted by molar-refractivity contribution is 6.33. The summed E-state index contributed by atoms with van der Waals surface area (Å²) in [5.41, 5.74) is -0.0375. The highest BCUT2D eigenvalue weighted by Crippen LogP contribution is 2.23. The zero-order valence-electron chi connectivity index (χ0n) is 13.6. The number of rotatable bonds is 3. The van der Waals surface area contributed by atoms with E-state index in [1.54, 1.807) is 11.0 Å². The van der Waals surface area contributed by atoms with Crippen LogP contribution >= 0.6 is 11.6 Å². The van der Waals surface area contributed by atoms with Crippen molar-refractivity contribution in [3.8, 4) is 0 Å². The fourth-order valence-corrected chi connectivity index (χ4v) is 2.58. The van der Waals surface area contributed by atoms with E-state index in [1.165, 1.54) is 6.20 Å². The number of hydrogen-bond donors (Lipinski definition) is 1. The third-order valence-electron chi connectivity index (χ3n) is 3.49. The molecule has 0 atom stereocenters. The molecule has 2 heterocycles. The van der Waals surface area contributed by atoms with E-state index in [1.807, 2.05) is 20.8 Å². The van der Waals surface area contributed by atoms with Crippen molar-refractivity contribution in [1.29, 1.82) is 0 Å². The summed E-state index contributed by atoms with van der Waals surface area (Å²) in [6.07, 6.45) is 3.49. The number of ether oxygens (including phenoxy) is 1. The second-order valence-electron chi connectivity index (χ2n) is 6.60. The second-order valence-corrected chi connectivity index (χ2v) is 7.01. The summed E-state index contributed by atoms with van der Waals surface area (Å²) in [5, 5.41) is 3.69. The minimum absolute atomic E-state index is 0.181. The van der Waals surface area contributed by atoms with E-state index >= 15 is 0 Å². The maximum Gasteiger partial charge on any atom is 0.410 e. The van der Waals surface area contributed by atoms with Gasteiger partial charge in [-0.2, -0.15) is 0 Å². The molecule has 0 radical (unpaired) electrons. The van der Waals surface area contributed by atoms with E-state index in [0.717, 1.165) is 12.8 Å². The molecular weight excluding hydrogens is 318 g/mol. The predicted octanol–water partition coefficient (Wildman–Crippen LogP) is 3.36. The average Bonchev–Trinajstić information content (AvgIpc) is 2.48. The third-order valence-corrected chi connectivity index (χ3v) is 3.77. The van der Waals surface area contributed by atoms with Gasteiger partial charge in [-0.15, -0.1) is 0 Å². The molecule has 2 rings (SSSR count). The Bertz CT molecular complexity index is 578. The fourth-order valence-electron chi connectivity index (χ4n) is 2.35. The minimum Gasteiger partial charge on any atom is -0.444 e. The number of halogens is 1. The first kappa shape index (κ1) is 17.5. The highest BCUT2D eigenvalue weighted by Gasteiger charge is 2.27. The van der Waals surface area contributed by atoms with Crippen molar-refractivity contribution in [2.24, 2.45) is 0 Å².